The van der Waals surface area contributed by atoms with Crippen molar-refractivity contribution in [2.75, 3.05) is 0 Å². The molecule has 16 heavy (non-hydrogen) atoms. The monoisotopic (exact) mass is 213 g/mol. The zero-order chi connectivity index (χ0) is 11.0. The molecule has 0 saturated heterocycles. The Balaban J connectivity index is 2.23. The fourth-order valence-electron chi connectivity index (χ4n) is 1.62. The van der Waals surface area contributed by atoms with Crippen LogP contribution < -0.4 is 0 Å². The lowest BCUT2D eigenvalue weighted by molar-refractivity contribution is 0.564. The van der Waals surface area contributed by atoms with Crippen molar-refractivity contribution in [1.82, 2.24) is 4.98 Å². The molecule has 0 bridgehead atoms. The maximum Gasteiger partial charge on any atom is 0.227 e. The third-order valence-corrected chi connectivity index (χ3v) is 2.39. The smallest absolute Gasteiger partial charge is 0.227 e. The number of hydrogen-bond donors (Lipinski definition) is 0. The first-order valence-electron chi connectivity index (χ1n) is 4.95. The van der Waals surface area contributed by atoms with Crippen LogP contribution in [0.5, 0.6) is 0 Å². The van der Waals surface area contributed by atoms with Crippen molar-refractivity contribution in [3.8, 4) is 11.5 Å². The third kappa shape index (κ3) is 1.37. The normalized spacial score (nSPS) is 10.8. The first-order chi connectivity index (χ1) is 7.84. The molecular weight excluding hydrogens is 205 g/mol. The predicted octanol–water partition coefficient (Wildman–Crippen LogP) is 3.63. The Morgan fingerprint density at radius 2 is 1.75 bits per heavy atom. The molecule has 3 heteroatoms. The summed E-state index contributed by atoms with van der Waals surface area (Å²) in [7, 11) is 0. The van der Waals surface area contributed by atoms with Crippen LogP contribution in [0.4, 0.5) is 4.39 Å². The molecule has 0 aliphatic carbocycles. The second-order valence-corrected chi connectivity index (χ2v) is 3.47. The van der Waals surface area contributed by atoms with Crippen LogP contribution >= 0.6 is 0 Å². The average Bonchev–Trinajstić information content (AvgIpc) is 2.76. The molecule has 0 fully saturated rings. The molecule has 0 saturated carbocycles. The number of aromatic nitrogens is 1. The Hall–Kier alpha value is -2.16. The first-order valence-corrected chi connectivity index (χ1v) is 4.95. The average molecular weight is 213 g/mol. The summed E-state index contributed by atoms with van der Waals surface area (Å²) in [6.07, 6.45) is 0. The van der Waals surface area contributed by atoms with Gasteiger partial charge in [0.1, 0.15) is 5.52 Å². The van der Waals surface area contributed by atoms with E-state index in [4.69, 9.17) is 4.42 Å². The van der Waals surface area contributed by atoms with Gasteiger partial charge in [0.15, 0.2) is 11.4 Å². The third-order valence-electron chi connectivity index (χ3n) is 2.39. The number of para-hydroxylation sites is 1. The molecule has 3 aromatic rings. The van der Waals surface area contributed by atoms with E-state index in [1.165, 1.54) is 6.07 Å². The molecule has 0 atom stereocenters. The van der Waals surface area contributed by atoms with E-state index in [0.717, 1.165) is 5.56 Å². The number of nitrogens with zero attached hydrogens (tertiary/aromatic N) is 1. The van der Waals surface area contributed by atoms with Gasteiger partial charge < -0.3 is 4.42 Å². The van der Waals surface area contributed by atoms with Crippen LogP contribution in [0.2, 0.25) is 0 Å². The van der Waals surface area contributed by atoms with Gasteiger partial charge in [0.25, 0.3) is 0 Å². The minimum absolute atomic E-state index is 0.210. The summed E-state index contributed by atoms with van der Waals surface area (Å²) in [5.41, 5.74) is 1.60. The van der Waals surface area contributed by atoms with Crippen LogP contribution in [-0.2, 0) is 0 Å². The molecule has 0 unspecified atom stereocenters. The van der Waals surface area contributed by atoms with Crippen LogP contribution in [0.15, 0.2) is 52.9 Å². The van der Waals surface area contributed by atoms with Crippen molar-refractivity contribution in [3.63, 3.8) is 0 Å². The quantitative estimate of drug-likeness (QED) is 0.616. The first kappa shape index (κ1) is 9.09. The molecule has 0 amide bonds. The zero-order valence-electron chi connectivity index (χ0n) is 8.35. The van der Waals surface area contributed by atoms with Crippen LogP contribution in [0.1, 0.15) is 0 Å². The standard InChI is InChI=1S/C13H8FNO/c14-10-7-4-8-11-12(10)16-13(15-11)9-5-2-1-3-6-9/h1-8H. The number of hydrogen-bond acceptors (Lipinski definition) is 2. The molecule has 78 valence electrons. The largest absolute Gasteiger partial charge is 0.433 e. The predicted molar refractivity (Wildman–Crippen MR) is 59.4 cm³/mol. The fourth-order valence-corrected chi connectivity index (χ4v) is 1.62. The SMILES string of the molecule is Fc1cccc2nc(-c3ccccc3)oc12. The van der Waals surface area contributed by atoms with E-state index >= 15 is 0 Å². The highest BCUT2D eigenvalue weighted by Crippen LogP contribution is 2.25. The van der Waals surface area contributed by atoms with E-state index in [-0.39, 0.29) is 11.4 Å². The van der Waals surface area contributed by atoms with E-state index in [1.54, 1.807) is 12.1 Å². The Bertz CT molecular complexity index is 631. The Kier molecular flexibility index (Phi) is 1.96. The van der Waals surface area contributed by atoms with Gasteiger partial charge in [-0.2, -0.15) is 0 Å². The van der Waals surface area contributed by atoms with Gasteiger partial charge in [-0.15, -0.1) is 0 Å². The minimum atomic E-state index is -0.382. The molecule has 2 nitrogen and oxygen atoms in total. The van der Waals surface area contributed by atoms with Gasteiger partial charge in [-0.1, -0.05) is 24.3 Å². The number of halogens is 1. The van der Waals surface area contributed by atoms with Gasteiger partial charge in [-0.3, -0.25) is 0 Å². The van der Waals surface area contributed by atoms with E-state index in [0.29, 0.717) is 11.4 Å². The zero-order valence-corrected chi connectivity index (χ0v) is 8.35. The van der Waals surface area contributed by atoms with Gasteiger partial charge >= 0.3 is 0 Å². The van der Waals surface area contributed by atoms with Crippen molar-refractivity contribution in [2.24, 2.45) is 0 Å². The van der Waals surface area contributed by atoms with Crippen molar-refractivity contribution in [2.45, 2.75) is 0 Å². The van der Waals surface area contributed by atoms with Gasteiger partial charge in [-0.05, 0) is 24.3 Å². The van der Waals surface area contributed by atoms with Crippen molar-refractivity contribution < 1.29 is 8.81 Å². The number of oxazole rings is 1. The maximum atomic E-state index is 13.4. The van der Waals surface area contributed by atoms with E-state index in [9.17, 15) is 4.39 Å². The number of benzene rings is 2. The summed E-state index contributed by atoms with van der Waals surface area (Å²) in [4.78, 5) is 4.24. The highest BCUT2D eigenvalue weighted by atomic mass is 19.1. The summed E-state index contributed by atoms with van der Waals surface area (Å²) in [5, 5.41) is 0. The lowest BCUT2D eigenvalue weighted by atomic mass is 10.2. The number of fused-ring (bicyclic) bond motifs is 1. The van der Waals surface area contributed by atoms with Crippen molar-refractivity contribution >= 4 is 11.1 Å². The van der Waals surface area contributed by atoms with Crippen molar-refractivity contribution in [3.05, 3.63) is 54.3 Å². The lowest BCUT2D eigenvalue weighted by Gasteiger charge is -1.91. The molecule has 0 spiro atoms. The molecular formula is C13H8FNO. The highest BCUT2D eigenvalue weighted by Gasteiger charge is 2.10. The maximum absolute atomic E-state index is 13.4. The van der Waals surface area contributed by atoms with Crippen LogP contribution in [0, 0.1) is 5.82 Å². The minimum Gasteiger partial charge on any atom is -0.433 e. The topological polar surface area (TPSA) is 26.0 Å². The summed E-state index contributed by atoms with van der Waals surface area (Å²) >= 11 is 0. The van der Waals surface area contributed by atoms with Gasteiger partial charge in [0.05, 0.1) is 0 Å². The molecule has 0 aliphatic heterocycles. The molecule has 3 rings (SSSR count). The highest BCUT2D eigenvalue weighted by molar-refractivity contribution is 5.76. The van der Waals surface area contributed by atoms with Gasteiger partial charge in [0, 0.05) is 5.56 Å². The summed E-state index contributed by atoms with van der Waals surface area (Å²) in [6, 6.07) is 14.2. The molecule has 0 aliphatic rings. The molecule has 1 heterocycles. The molecule has 2 aromatic carbocycles. The van der Waals surface area contributed by atoms with E-state index in [2.05, 4.69) is 4.98 Å². The van der Waals surface area contributed by atoms with Crippen LogP contribution in [0.3, 0.4) is 0 Å². The Labute approximate surface area is 91.3 Å². The molecule has 0 N–H and O–H groups in total. The summed E-state index contributed by atoms with van der Waals surface area (Å²) < 4.78 is 18.8. The second kappa shape index (κ2) is 3.45. The van der Waals surface area contributed by atoms with Gasteiger partial charge in [0.2, 0.25) is 5.89 Å². The lowest BCUT2D eigenvalue weighted by Crippen LogP contribution is -1.74. The Morgan fingerprint density at radius 1 is 0.938 bits per heavy atom. The fraction of sp³-hybridized carbons (Fsp3) is 0. The Morgan fingerprint density at radius 3 is 2.50 bits per heavy atom. The summed E-state index contributed by atoms with van der Waals surface area (Å²) in [5.74, 6) is 0.0629. The molecule has 0 radical (unpaired) electrons. The number of rotatable bonds is 1. The molecule has 1 aromatic heterocycles. The van der Waals surface area contributed by atoms with Crippen LogP contribution in [0.25, 0.3) is 22.6 Å². The van der Waals surface area contributed by atoms with E-state index < -0.39 is 0 Å². The second-order valence-electron chi connectivity index (χ2n) is 3.47. The van der Waals surface area contributed by atoms with Crippen molar-refractivity contribution in [1.29, 1.82) is 0 Å². The van der Waals surface area contributed by atoms with E-state index in [1.807, 2.05) is 30.3 Å². The van der Waals surface area contributed by atoms with Crippen LogP contribution in [-0.4, -0.2) is 4.98 Å². The van der Waals surface area contributed by atoms with Gasteiger partial charge in [-0.25, -0.2) is 9.37 Å². The summed E-state index contributed by atoms with van der Waals surface area (Å²) in [6.45, 7) is 0.